The molecular weight excluding hydrogens is 250 g/mol. The molecule has 0 atom stereocenters. The number of aryl methyl sites for hydroxylation is 1. The van der Waals surface area contributed by atoms with Gasteiger partial charge in [0.1, 0.15) is 5.82 Å². The lowest BCUT2D eigenvalue weighted by molar-refractivity contribution is 0.783. The number of hydrogen-bond acceptors (Lipinski definition) is 4. The molecule has 5 nitrogen and oxygen atoms in total. The van der Waals surface area contributed by atoms with Gasteiger partial charge in [0.15, 0.2) is 0 Å². The summed E-state index contributed by atoms with van der Waals surface area (Å²) in [6.07, 6.45) is 5.97. The van der Waals surface area contributed by atoms with Gasteiger partial charge < -0.3 is 10.6 Å². The number of pyridine rings is 2. The zero-order valence-electron chi connectivity index (χ0n) is 11.6. The first kappa shape index (κ1) is 14.0. The van der Waals surface area contributed by atoms with Gasteiger partial charge in [-0.05, 0) is 30.2 Å². The maximum atomic E-state index is 7.38. The smallest absolute Gasteiger partial charge is 0.128 e. The van der Waals surface area contributed by atoms with Crippen LogP contribution in [0.5, 0.6) is 0 Å². The van der Waals surface area contributed by atoms with Gasteiger partial charge in [0.25, 0.3) is 0 Å². The van der Waals surface area contributed by atoms with Crippen molar-refractivity contribution in [2.24, 2.45) is 5.73 Å². The molecule has 0 saturated heterocycles. The summed E-state index contributed by atoms with van der Waals surface area (Å²) in [4.78, 5) is 10.7. The molecule has 0 spiro atoms. The van der Waals surface area contributed by atoms with Gasteiger partial charge in [-0.25, -0.2) is 4.98 Å². The van der Waals surface area contributed by atoms with E-state index in [4.69, 9.17) is 11.1 Å². The second-order valence-corrected chi connectivity index (χ2v) is 4.75. The van der Waals surface area contributed by atoms with Crippen LogP contribution in [0.1, 0.15) is 17.5 Å². The molecule has 0 amide bonds. The Balaban J connectivity index is 2.15. The Hall–Kier alpha value is -2.43. The summed E-state index contributed by atoms with van der Waals surface area (Å²) in [7, 11) is 0. The van der Waals surface area contributed by atoms with Gasteiger partial charge in [0.2, 0.25) is 0 Å². The van der Waals surface area contributed by atoms with Crippen molar-refractivity contribution in [1.82, 2.24) is 9.97 Å². The Morgan fingerprint density at radius 3 is 2.75 bits per heavy atom. The van der Waals surface area contributed by atoms with Crippen LogP contribution in [-0.4, -0.2) is 22.3 Å². The zero-order valence-corrected chi connectivity index (χ0v) is 11.6. The monoisotopic (exact) mass is 269 g/mol. The first-order valence-corrected chi connectivity index (χ1v) is 6.54. The highest BCUT2D eigenvalue weighted by Gasteiger charge is 2.09. The lowest BCUT2D eigenvalue weighted by Gasteiger charge is -2.23. The fourth-order valence-electron chi connectivity index (χ4n) is 1.89. The van der Waals surface area contributed by atoms with Crippen molar-refractivity contribution in [3.05, 3.63) is 54.0 Å². The molecule has 0 bridgehead atoms. The fraction of sp³-hybridized carbons (Fsp3) is 0.267. The van der Waals surface area contributed by atoms with E-state index in [1.54, 1.807) is 6.20 Å². The molecule has 0 saturated carbocycles. The number of nitrogens with one attached hydrogen (secondary N) is 1. The summed E-state index contributed by atoms with van der Waals surface area (Å²) in [6.45, 7) is 3.38. The molecule has 0 fully saturated rings. The molecule has 0 aromatic carbocycles. The maximum absolute atomic E-state index is 7.38. The van der Waals surface area contributed by atoms with Crippen LogP contribution in [0.2, 0.25) is 0 Å². The van der Waals surface area contributed by atoms with Gasteiger partial charge >= 0.3 is 0 Å². The first-order valence-electron chi connectivity index (χ1n) is 6.54. The molecule has 104 valence electrons. The van der Waals surface area contributed by atoms with Crippen molar-refractivity contribution in [3.63, 3.8) is 0 Å². The number of anilines is 1. The molecule has 20 heavy (non-hydrogen) atoms. The Labute approximate surface area is 119 Å². The molecule has 2 rings (SSSR count). The largest absolute Gasteiger partial charge is 0.388 e. The molecule has 0 aliphatic heterocycles. The molecule has 2 heterocycles. The number of hydrogen-bond donors (Lipinski definition) is 2. The van der Waals surface area contributed by atoms with Crippen molar-refractivity contribution in [3.8, 4) is 0 Å². The van der Waals surface area contributed by atoms with Crippen LogP contribution in [-0.2, 0) is 6.54 Å². The SMILES string of the molecule is Cc1ccc(N(CCC(=N)N)Cc2cccnc2)nc1. The number of rotatable bonds is 6. The van der Waals surface area contributed by atoms with Crippen LogP contribution in [0.15, 0.2) is 42.9 Å². The van der Waals surface area contributed by atoms with Crippen LogP contribution in [0.4, 0.5) is 5.82 Å². The van der Waals surface area contributed by atoms with E-state index in [0.717, 1.165) is 16.9 Å². The van der Waals surface area contributed by atoms with Crippen LogP contribution in [0, 0.1) is 12.3 Å². The molecule has 5 heteroatoms. The van der Waals surface area contributed by atoms with E-state index in [0.29, 0.717) is 19.5 Å². The van der Waals surface area contributed by atoms with E-state index < -0.39 is 0 Å². The normalized spacial score (nSPS) is 10.2. The summed E-state index contributed by atoms with van der Waals surface area (Å²) < 4.78 is 0. The number of nitrogens with zero attached hydrogens (tertiary/aromatic N) is 3. The summed E-state index contributed by atoms with van der Waals surface area (Å²) in [5.41, 5.74) is 7.70. The van der Waals surface area contributed by atoms with Crippen LogP contribution in [0.25, 0.3) is 0 Å². The van der Waals surface area contributed by atoms with Crippen molar-refractivity contribution in [2.45, 2.75) is 19.9 Å². The molecule has 0 aliphatic rings. The number of amidine groups is 1. The lowest BCUT2D eigenvalue weighted by atomic mass is 10.2. The summed E-state index contributed by atoms with van der Waals surface area (Å²) in [5, 5.41) is 7.38. The standard InChI is InChI=1S/C15H19N5/c1-12-4-5-15(19-9-12)20(8-6-14(16)17)11-13-3-2-7-18-10-13/h2-5,7,9-10H,6,8,11H2,1H3,(H3,16,17). The quantitative estimate of drug-likeness (QED) is 0.622. The molecule has 0 aliphatic carbocycles. The second kappa shape index (κ2) is 6.65. The lowest BCUT2D eigenvalue weighted by Crippen LogP contribution is -2.28. The van der Waals surface area contributed by atoms with E-state index in [-0.39, 0.29) is 5.84 Å². The number of aromatic nitrogens is 2. The van der Waals surface area contributed by atoms with Gasteiger partial charge in [0, 0.05) is 38.1 Å². The Morgan fingerprint density at radius 2 is 2.15 bits per heavy atom. The van der Waals surface area contributed by atoms with Crippen molar-refractivity contribution in [1.29, 1.82) is 5.41 Å². The topological polar surface area (TPSA) is 78.9 Å². The van der Waals surface area contributed by atoms with Crippen LogP contribution < -0.4 is 10.6 Å². The Kier molecular flexibility index (Phi) is 4.65. The second-order valence-electron chi connectivity index (χ2n) is 4.75. The minimum absolute atomic E-state index is 0.188. The predicted molar refractivity (Wildman–Crippen MR) is 80.8 cm³/mol. The van der Waals surface area contributed by atoms with Gasteiger partial charge in [0.05, 0.1) is 5.84 Å². The van der Waals surface area contributed by atoms with E-state index in [2.05, 4.69) is 14.9 Å². The first-order chi connectivity index (χ1) is 9.65. The van der Waals surface area contributed by atoms with Gasteiger partial charge in [-0.2, -0.15) is 0 Å². The molecule has 0 unspecified atom stereocenters. The number of nitrogens with two attached hydrogens (primary N) is 1. The third-order valence-corrected chi connectivity index (χ3v) is 2.97. The van der Waals surface area contributed by atoms with E-state index in [9.17, 15) is 0 Å². The highest BCUT2D eigenvalue weighted by molar-refractivity contribution is 5.77. The maximum Gasteiger partial charge on any atom is 0.128 e. The van der Waals surface area contributed by atoms with Gasteiger partial charge in [-0.15, -0.1) is 0 Å². The third-order valence-electron chi connectivity index (χ3n) is 2.97. The predicted octanol–water partition coefficient (Wildman–Crippen LogP) is 2.12. The molecular formula is C15H19N5. The molecule has 2 aromatic heterocycles. The van der Waals surface area contributed by atoms with Gasteiger partial charge in [-0.3, -0.25) is 10.4 Å². The third kappa shape index (κ3) is 4.05. The highest BCUT2D eigenvalue weighted by Crippen LogP contribution is 2.15. The fourth-order valence-corrected chi connectivity index (χ4v) is 1.89. The minimum Gasteiger partial charge on any atom is -0.388 e. The average molecular weight is 269 g/mol. The molecule has 3 N–H and O–H groups in total. The van der Waals surface area contributed by atoms with Crippen LogP contribution >= 0.6 is 0 Å². The van der Waals surface area contributed by atoms with E-state index >= 15 is 0 Å². The minimum atomic E-state index is 0.188. The Bertz CT molecular complexity index is 550. The molecule has 2 aromatic rings. The highest BCUT2D eigenvalue weighted by atomic mass is 15.2. The van der Waals surface area contributed by atoms with Crippen LogP contribution in [0.3, 0.4) is 0 Å². The van der Waals surface area contributed by atoms with Crippen molar-refractivity contribution < 1.29 is 0 Å². The Morgan fingerprint density at radius 1 is 1.30 bits per heavy atom. The van der Waals surface area contributed by atoms with Gasteiger partial charge in [-0.1, -0.05) is 12.1 Å². The average Bonchev–Trinajstić information content (AvgIpc) is 2.45. The summed E-state index contributed by atoms with van der Waals surface area (Å²) in [5.74, 6) is 1.08. The zero-order chi connectivity index (χ0) is 14.4. The van der Waals surface area contributed by atoms with Crippen molar-refractivity contribution in [2.75, 3.05) is 11.4 Å². The molecule has 0 radical (unpaired) electrons. The van der Waals surface area contributed by atoms with Crippen molar-refractivity contribution >= 4 is 11.7 Å². The van der Waals surface area contributed by atoms with E-state index in [1.807, 2.05) is 43.6 Å². The summed E-state index contributed by atoms with van der Waals surface area (Å²) in [6, 6.07) is 7.97. The summed E-state index contributed by atoms with van der Waals surface area (Å²) >= 11 is 0. The van der Waals surface area contributed by atoms with E-state index in [1.165, 1.54) is 0 Å².